The SMILES string of the molecule is CN(CC(C)(C)C(=O)c1ccccc1)C(C)(C)CO. The van der Waals surface area contributed by atoms with Crippen LogP contribution >= 0.6 is 0 Å². The van der Waals surface area contributed by atoms with Gasteiger partial charge in [0.1, 0.15) is 0 Å². The van der Waals surface area contributed by atoms with E-state index in [2.05, 4.69) is 0 Å². The summed E-state index contributed by atoms with van der Waals surface area (Å²) in [6.07, 6.45) is 0. The fourth-order valence-corrected chi connectivity index (χ4v) is 1.98. The van der Waals surface area contributed by atoms with E-state index in [4.69, 9.17) is 0 Å². The van der Waals surface area contributed by atoms with Crippen molar-refractivity contribution in [3.63, 3.8) is 0 Å². The number of aliphatic hydroxyl groups is 1. The van der Waals surface area contributed by atoms with Crippen LogP contribution in [0, 0.1) is 5.41 Å². The topological polar surface area (TPSA) is 40.5 Å². The highest BCUT2D eigenvalue weighted by Crippen LogP contribution is 2.25. The third-order valence-electron chi connectivity index (χ3n) is 3.70. The minimum Gasteiger partial charge on any atom is -0.394 e. The molecule has 0 saturated carbocycles. The van der Waals surface area contributed by atoms with Gasteiger partial charge >= 0.3 is 0 Å². The molecule has 106 valence electrons. The van der Waals surface area contributed by atoms with Gasteiger partial charge in [-0.25, -0.2) is 0 Å². The first-order valence-electron chi connectivity index (χ1n) is 6.63. The summed E-state index contributed by atoms with van der Waals surface area (Å²) in [5.41, 5.74) is -0.0701. The Morgan fingerprint density at radius 3 is 2.16 bits per heavy atom. The lowest BCUT2D eigenvalue weighted by molar-refractivity contribution is 0.0441. The van der Waals surface area contributed by atoms with Crippen LogP contribution in [-0.4, -0.2) is 41.5 Å². The molecule has 1 N–H and O–H groups in total. The molecule has 0 aliphatic heterocycles. The number of benzene rings is 1. The zero-order valence-corrected chi connectivity index (χ0v) is 12.6. The highest BCUT2D eigenvalue weighted by Gasteiger charge is 2.34. The molecule has 0 bridgehead atoms. The summed E-state index contributed by atoms with van der Waals surface area (Å²) in [5.74, 6) is 0.133. The molecule has 0 aliphatic carbocycles. The zero-order chi connectivity index (χ0) is 14.7. The molecule has 1 rings (SSSR count). The Balaban J connectivity index is 2.84. The Morgan fingerprint density at radius 2 is 1.68 bits per heavy atom. The fraction of sp³-hybridized carbons (Fsp3) is 0.562. The van der Waals surface area contributed by atoms with Crippen molar-refractivity contribution in [3.05, 3.63) is 35.9 Å². The number of carbonyl (C=O) groups excluding carboxylic acids is 1. The lowest BCUT2D eigenvalue weighted by Crippen LogP contribution is -2.49. The molecule has 3 heteroatoms. The second-order valence-electron chi connectivity index (χ2n) is 6.41. The van der Waals surface area contributed by atoms with Crippen molar-refractivity contribution in [1.82, 2.24) is 4.90 Å². The minimum absolute atomic E-state index is 0.0686. The van der Waals surface area contributed by atoms with Gasteiger partial charge in [0.05, 0.1) is 6.61 Å². The second-order valence-corrected chi connectivity index (χ2v) is 6.41. The first kappa shape index (κ1) is 15.9. The van der Waals surface area contributed by atoms with Crippen LogP contribution in [-0.2, 0) is 0 Å². The van der Waals surface area contributed by atoms with Crippen LogP contribution in [0.2, 0.25) is 0 Å². The molecule has 3 nitrogen and oxygen atoms in total. The number of Topliss-reactive ketones (excluding diaryl/α,β-unsaturated/α-hetero) is 1. The lowest BCUT2D eigenvalue weighted by Gasteiger charge is -2.38. The molecule has 0 aromatic heterocycles. The molecular weight excluding hydrogens is 238 g/mol. The van der Waals surface area contributed by atoms with Crippen LogP contribution in [0.5, 0.6) is 0 Å². The highest BCUT2D eigenvalue weighted by molar-refractivity contribution is 6.00. The summed E-state index contributed by atoms with van der Waals surface area (Å²) in [6, 6.07) is 9.36. The molecule has 19 heavy (non-hydrogen) atoms. The van der Waals surface area contributed by atoms with Crippen molar-refractivity contribution in [2.24, 2.45) is 5.41 Å². The summed E-state index contributed by atoms with van der Waals surface area (Å²) < 4.78 is 0. The predicted molar refractivity (Wildman–Crippen MR) is 78.3 cm³/mol. The molecule has 0 radical (unpaired) electrons. The van der Waals surface area contributed by atoms with E-state index in [1.165, 1.54) is 0 Å². The number of likely N-dealkylation sites (N-methyl/N-ethyl adjacent to an activating group) is 1. The van der Waals surface area contributed by atoms with E-state index in [0.29, 0.717) is 6.54 Å². The Kier molecular flexibility index (Phi) is 4.88. The Morgan fingerprint density at radius 1 is 1.16 bits per heavy atom. The van der Waals surface area contributed by atoms with Crippen LogP contribution < -0.4 is 0 Å². The lowest BCUT2D eigenvalue weighted by atomic mass is 9.83. The van der Waals surface area contributed by atoms with Crippen molar-refractivity contribution in [2.45, 2.75) is 33.2 Å². The molecule has 0 aliphatic rings. The van der Waals surface area contributed by atoms with E-state index in [9.17, 15) is 9.90 Å². The monoisotopic (exact) mass is 263 g/mol. The molecule has 1 aromatic rings. The van der Waals surface area contributed by atoms with E-state index < -0.39 is 5.41 Å². The maximum Gasteiger partial charge on any atom is 0.169 e. The smallest absolute Gasteiger partial charge is 0.169 e. The zero-order valence-electron chi connectivity index (χ0n) is 12.6. The quantitative estimate of drug-likeness (QED) is 0.802. The van der Waals surface area contributed by atoms with E-state index in [1.807, 2.05) is 70.0 Å². The molecule has 1 aromatic carbocycles. The average Bonchev–Trinajstić information content (AvgIpc) is 2.38. The van der Waals surface area contributed by atoms with Crippen molar-refractivity contribution >= 4 is 5.78 Å². The first-order chi connectivity index (χ1) is 8.70. The van der Waals surface area contributed by atoms with Gasteiger partial charge in [0, 0.05) is 23.1 Å². The predicted octanol–water partition coefficient (Wildman–Crippen LogP) is 2.60. The van der Waals surface area contributed by atoms with Gasteiger partial charge in [-0.2, -0.15) is 0 Å². The van der Waals surface area contributed by atoms with E-state index in [1.54, 1.807) is 0 Å². The molecule has 0 fully saturated rings. The third kappa shape index (κ3) is 3.88. The number of carbonyl (C=O) groups is 1. The molecule has 0 atom stereocenters. The molecule has 0 spiro atoms. The number of hydrogen-bond donors (Lipinski definition) is 1. The fourth-order valence-electron chi connectivity index (χ4n) is 1.98. The largest absolute Gasteiger partial charge is 0.394 e. The van der Waals surface area contributed by atoms with Crippen molar-refractivity contribution < 1.29 is 9.90 Å². The summed E-state index contributed by atoms with van der Waals surface area (Å²) >= 11 is 0. The number of nitrogens with zero attached hydrogens (tertiary/aromatic N) is 1. The minimum atomic E-state index is -0.484. The number of hydrogen-bond acceptors (Lipinski definition) is 3. The van der Waals surface area contributed by atoms with Gasteiger partial charge in [-0.1, -0.05) is 44.2 Å². The number of rotatable bonds is 6. The van der Waals surface area contributed by atoms with E-state index in [0.717, 1.165) is 5.56 Å². The summed E-state index contributed by atoms with van der Waals surface area (Å²) in [6.45, 7) is 8.51. The van der Waals surface area contributed by atoms with Crippen LogP contribution in [0.4, 0.5) is 0 Å². The summed E-state index contributed by atoms with van der Waals surface area (Å²) in [4.78, 5) is 14.6. The molecule has 0 saturated heterocycles. The summed E-state index contributed by atoms with van der Waals surface area (Å²) in [5, 5.41) is 9.39. The Labute approximate surface area is 116 Å². The third-order valence-corrected chi connectivity index (χ3v) is 3.70. The highest BCUT2D eigenvalue weighted by atomic mass is 16.3. The van der Waals surface area contributed by atoms with Crippen LogP contribution in [0.15, 0.2) is 30.3 Å². The molecule has 0 amide bonds. The van der Waals surface area contributed by atoms with Crippen LogP contribution in [0.1, 0.15) is 38.1 Å². The maximum atomic E-state index is 12.5. The first-order valence-corrected chi connectivity index (χ1v) is 6.63. The van der Waals surface area contributed by atoms with E-state index >= 15 is 0 Å². The Hall–Kier alpha value is -1.19. The normalized spacial score (nSPS) is 12.8. The van der Waals surface area contributed by atoms with Gasteiger partial charge < -0.3 is 5.11 Å². The van der Waals surface area contributed by atoms with Crippen LogP contribution in [0.25, 0.3) is 0 Å². The van der Waals surface area contributed by atoms with Gasteiger partial charge in [0.15, 0.2) is 5.78 Å². The van der Waals surface area contributed by atoms with Crippen molar-refractivity contribution in [3.8, 4) is 0 Å². The van der Waals surface area contributed by atoms with Gasteiger partial charge in [-0.05, 0) is 20.9 Å². The Bertz CT molecular complexity index is 424. The molecule has 0 unspecified atom stereocenters. The van der Waals surface area contributed by atoms with Gasteiger partial charge in [0.25, 0.3) is 0 Å². The van der Waals surface area contributed by atoms with Gasteiger partial charge in [0.2, 0.25) is 0 Å². The van der Waals surface area contributed by atoms with Crippen molar-refractivity contribution in [1.29, 1.82) is 0 Å². The molecule has 0 heterocycles. The van der Waals surface area contributed by atoms with Gasteiger partial charge in [-0.3, -0.25) is 9.69 Å². The number of ketones is 1. The standard InChI is InChI=1S/C16H25NO2/c1-15(2,11-17(5)16(3,4)12-18)14(19)13-9-7-6-8-10-13/h6-10,18H,11-12H2,1-5H3. The second kappa shape index (κ2) is 5.85. The summed E-state index contributed by atoms with van der Waals surface area (Å²) in [7, 11) is 1.94. The molecular formula is C16H25NO2. The van der Waals surface area contributed by atoms with E-state index in [-0.39, 0.29) is 17.9 Å². The number of aliphatic hydroxyl groups excluding tert-OH is 1. The maximum absolute atomic E-state index is 12.5. The average molecular weight is 263 g/mol. The van der Waals surface area contributed by atoms with Crippen LogP contribution in [0.3, 0.4) is 0 Å². The van der Waals surface area contributed by atoms with Gasteiger partial charge in [-0.15, -0.1) is 0 Å². The van der Waals surface area contributed by atoms with Crippen molar-refractivity contribution in [2.75, 3.05) is 20.2 Å².